The van der Waals surface area contributed by atoms with E-state index in [2.05, 4.69) is 61.0 Å². The van der Waals surface area contributed by atoms with Crippen molar-refractivity contribution in [1.29, 1.82) is 0 Å². The molecule has 1 aliphatic rings. The van der Waals surface area contributed by atoms with E-state index in [9.17, 15) is 0 Å². The standard InChI is InChI=1S/C18H31N3/c1-4-18(15-19,13-17-9-6-5-7-10-17)21-12-8-11-20(3)14-16(21)2/h5-7,9-10,16H,4,8,11-15,19H2,1-3H3. The molecule has 1 aromatic rings. The molecule has 1 aromatic carbocycles. The van der Waals surface area contributed by atoms with E-state index in [1.165, 1.54) is 18.5 Å². The van der Waals surface area contributed by atoms with Crippen LogP contribution in [0.1, 0.15) is 32.3 Å². The van der Waals surface area contributed by atoms with Gasteiger partial charge in [-0.15, -0.1) is 0 Å². The van der Waals surface area contributed by atoms with Crippen LogP contribution in [0.5, 0.6) is 0 Å². The first-order valence-electron chi connectivity index (χ1n) is 8.30. The Morgan fingerprint density at radius 1 is 1.24 bits per heavy atom. The second-order valence-corrected chi connectivity index (χ2v) is 6.60. The molecular formula is C18H31N3. The summed E-state index contributed by atoms with van der Waals surface area (Å²) >= 11 is 0. The van der Waals surface area contributed by atoms with E-state index in [4.69, 9.17) is 5.73 Å². The minimum atomic E-state index is 0.0892. The fourth-order valence-corrected chi connectivity index (χ4v) is 3.82. The van der Waals surface area contributed by atoms with Gasteiger partial charge in [0.15, 0.2) is 0 Å². The fraction of sp³-hybridized carbons (Fsp3) is 0.667. The lowest BCUT2D eigenvalue weighted by Gasteiger charge is -2.46. The molecule has 3 heteroatoms. The number of hydrogen-bond donors (Lipinski definition) is 1. The average Bonchev–Trinajstić information content (AvgIpc) is 2.67. The molecule has 0 aromatic heterocycles. The van der Waals surface area contributed by atoms with Crippen LogP contribution in [0.3, 0.4) is 0 Å². The van der Waals surface area contributed by atoms with E-state index in [-0.39, 0.29) is 5.54 Å². The van der Waals surface area contributed by atoms with Gasteiger partial charge in [0.2, 0.25) is 0 Å². The first kappa shape index (κ1) is 16.5. The maximum absolute atomic E-state index is 6.29. The van der Waals surface area contributed by atoms with Crippen molar-refractivity contribution < 1.29 is 0 Å². The van der Waals surface area contributed by atoms with Crippen LogP contribution in [0.2, 0.25) is 0 Å². The lowest BCUT2D eigenvalue weighted by Crippen LogP contribution is -2.59. The zero-order valence-electron chi connectivity index (χ0n) is 13.9. The van der Waals surface area contributed by atoms with E-state index < -0.39 is 0 Å². The Hall–Kier alpha value is -0.900. The number of hydrogen-bond acceptors (Lipinski definition) is 3. The summed E-state index contributed by atoms with van der Waals surface area (Å²) in [4.78, 5) is 5.13. The number of likely N-dealkylation sites (N-methyl/N-ethyl adjacent to an activating group) is 1. The summed E-state index contributed by atoms with van der Waals surface area (Å²) in [5.74, 6) is 0. The monoisotopic (exact) mass is 289 g/mol. The van der Waals surface area contributed by atoms with Gasteiger partial charge in [-0.3, -0.25) is 4.90 Å². The Labute approximate surface area is 130 Å². The predicted octanol–water partition coefficient (Wildman–Crippen LogP) is 2.36. The highest BCUT2D eigenvalue weighted by molar-refractivity contribution is 5.18. The van der Waals surface area contributed by atoms with Crippen LogP contribution in [0.15, 0.2) is 30.3 Å². The summed E-state index contributed by atoms with van der Waals surface area (Å²) in [5, 5.41) is 0. The fourth-order valence-electron chi connectivity index (χ4n) is 3.82. The van der Waals surface area contributed by atoms with Crippen LogP contribution in [0.25, 0.3) is 0 Å². The third kappa shape index (κ3) is 3.85. The molecule has 21 heavy (non-hydrogen) atoms. The van der Waals surface area contributed by atoms with E-state index in [1.54, 1.807) is 0 Å². The number of benzene rings is 1. The van der Waals surface area contributed by atoms with Gasteiger partial charge < -0.3 is 10.6 Å². The maximum atomic E-state index is 6.29. The highest BCUT2D eigenvalue weighted by Gasteiger charge is 2.37. The predicted molar refractivity (Wildman–Crippen MR) is 90.5 cm³/mol. The van der Waals surface area contributed by atoms with Crippen LogP contribution in [0, 0.1) is 0 Å². The van der Waals surface area contributed by atoms with Crippen molar-refractivity contribution in [3.63, 3.8) is 0 Å². The van der Waals surface area contributed by atoms with Gasteiger partial charge in [-0.05, 0) is 45.3 Å². The molecule has 1 saturated heterocycles. The van der Waals surface area contributed by atoms with Gasteiger partial charge in [-0.2, -0.15) is 0 Å². The quantitative estimate of drug-likeness (QED) is 0.903. The van der Waals surface area contributed by atoms with Gasteiger partial charge in [-0.25, -0.2) is 0 Å². The highest BCUT2D eigenvalue weighted by Crippen LogP contribution is 2.28. The van der Waals surface area contributed by atoms with Crippen molar-refractivity contribution in [3.05, 3.63) is 35.9 Å². The third-order valence-corrected chi connectivity index (χ3v) is 5.07. The second-order valence-electron chi connectivity index (χ2n) is 6.60. The summed E-state index contributed by atoms with van der Waals surface area (Å²) < 4.78 is 0. The molecule has 2 rings (SSSR count). The molecule has 2 N–H and O–H groups in total. The average molecular weight is 289 g/mol. The molecule has 0 amide bonds. The summed E-state index contributed by atoms with van der Waals surface area (Å²) in [6.45, 7) is 8.85. The molecule has 1 fully saturated rings. The molecule has 1 aliphatic heterocycles. The zero-order chi connectivity index (χ0) is 15.3. The summed E-state index contributed by atoms with van der Waals surface area (Å²) in [5.41, 5.74) is 7.78. The molecule has 1 heterocycles. The van der Waals surface area contributed by atoms with E-state index >= 15 is 0 Å². The Kier molecular flexibility index (Phi) is 5.80. The normalized spacial score (nSPS) is 24.5. The van der Waals surface area contributed by atoms with Crippen molar-refractivity contribution in [2.24, 2.45) is 5.73 Å². The Bertz CT molecular complexity index is 414. The zero-order valence-corrected chi connectivity index (χ0v) is 13.9. The minimum Gasteiger partial charge on any atom is -0.329 e. The summed E-state index contributed by atoms with van der Waals surface area (Å²) in [7, 11) is 2.23. The van der Waals surface area contributed by atoms with E-state index in [0.29, 0.717) is 6.04 Å². The molecule has 2 atom stereocenters. The Morgan fingerprint density at radius 3 is 2.57 bits per heavy atom. The van der Waals surface area contributed by atoms with Crippen molar-refractivity contribution in [3.8, 4) is 0 Å². The van der Waals surface area contributed by atoms with Crippen LogP contribution in [-0.2, 0) is 6.42 Å². The number of nitrogens with zero attached hydrogens (tertiary/aromatic N) is 2. The largest absolute Gasteiger partial charge is 0.329 e. The number of rotatable bonds is 5. The van der Waals surface area contributed by atoms with Gasteiger partial charge in [0.25, 0.3) is 0 Å². The van der Waals surface area contributed by atoms with Gasteiger partial charge in [0.05, 0.1) is 0 Å². The van der Waals surface area contributed by atoms with Crippen LogP contribution < -0.4 is 5.73 Å². The van der Waals surface area contributed by atoms with Gasteiger partial charge in [0.1, 0.15) is 0 Å². The molecule has 0 radical (unpaired) electrons. The van der Waals surface area contributed by atoms with Crippen molar-refractivity contribution >= 4 is 0 Å². The van der Waals surface area contributed by atoms with Crippen molar-refractivity contribution in [1.82, 2.24) is 9.80 Å². The summed E-state index contributed by atoms with van der Waals surface area (Å²) in [6.07, 6.45) is 3.39. The minimum absolute atomic E-state index is 0.0892. The number of nitrogens with two attached hydrogens (primary N) is 1. The van der Waals surface area contributed by atoms with Crippen molar-refractivity contribution in [2.75, 3.05) is 33.2 Å². The second kappa shape index (κ2) is 7.39. The first-order chi connectivity index (χ1) is 10.1. The Morgan fingerprint density at radius 2 is 1.95 bits per heavy atom. The van der Waals surface area contributed by atoms with Gasteiger partial charge in [-0.1, -0.05) is 37.3 Å². The first-order valence-corrected chi connectivity index (χ1v) is 8.30. The molecular weight excluding hydrogens is 258 g/mol. The van der Waals surface area contributed by atoms with E-state index in [1.807, 2.05) is 0 Å². The Balaban J connectivity index is 2.23. The molecule has 3 nitrogen and oxygen atoms in total. The topological polar surface area (TPSA) is 32.5 Å². The van der Waals surface area contributed by atoms with Crippen LogP contribution in [0.4, 0.5) is 0 Å². The summed E-state index contributed by atoms with van der Waals surface area (Å²) in [6, 6.07) is 11.4. The van der Waals surface area contributed by atoms with Crippen LogP contribution >= 0.6 is 0 Å². The van der Waals surface area contributed by atoms with E-state index in [0.717, 1.165) is 32.5 Å². The smallest absolute Gasteiger partial charge is 0.0372 e. The molecule has 0 aliphatic carbocycles. The molecule has 2 unspecified atom stereocenters. The van der Waals surface area contributed by atoms with Gasteiger partial charge >= 0.3 is 0 Å². The lowest BCUT2D eigenvalue weighted by atomic mass is 9.85. The van der Waals surface area contributed by atoms with Crippen molar-refractivity contribution in [2.45, 2.75) is 44.7 Å². The molecule has 0 spiro atoms. The highest BCUT2D eigenvalue weighted by atomic mass is 15.3. The van der Waals surface area contributed by atoms with Crippen LogP contribution in [-0.4, -0.2) is 54.6 Å². The molecule has 0 saturated carbocycles. The lowest BCUT2D eigenvalue weighted by molar-refractivity contribution is 0.0527. The SMILES string of the molecule is CCC(CN)(Cc1ccccc1)N1CCCN(C)CC1C. The molecule has 118 valence electrons. The maximum Gasteiger partial charge on any atom is 0.0372 e. The van der Waals surface area contributed by atoms with Gasteiger partial charge in [0, 0.05) is 31.2 Å². The molecule has 0 bridgehead atoms. The third-order valence-electron chi connectivity index (χ3n) is 5.07.